The number of imide groups is 2. The van der Waals surface area contributed by atoms with Crippen LogP contribution >= 0.6 is 0 Å². The number of benzene rings is 2. The molecule has 2 N–H and O–H groups in total. The lowest BCUT2D eigenvalue weighted by Crippen LogP contribution is -2.54. The zero-order valence-corrected chi connectivity index (χ0v) is 22.4. The first kappa shape index (κ1) is 26.0. The molecule has 0 saturated carbocycles. The van der Waals surface area contributed by atoms with Crippen molar-refractivity contribution in [2.75, 3.05) is 24.4 Å². The van der Waals surface area contributed by atoms with Gasteiger partial charge in [-0.05, 0) is 43.7 Å². The van der Waals surface area contributed by atoms with Crippen LogP contribution in [0.15, 0.2) is 48.7 Å². The third kappa shape index (κ3) is 4.24. The number of rotatable bonds is 5. The summed E-state index contributed by atoms with van der Waals surface area (Å²) in [6.45, 7) is 1.67. The van der Waals surface area contributed by atoms with Crippen molar-refractivity contribution in [1.82, 2.24) is 15.2 Å². The zero-order valence-electron chi connectivity index (χ0n) is 22.4. The molecule has 2 aromatic carbocycles. The summed E-state index contributed by atoms with van der Waals surface area (Å²) in [6.07, 6.45) is 1.03. The summed E-state index contributed by atoms with van der Waals surface area (Å²) in [7, 11) is 3.17. The predicted molar refractivity (Wildman–Crippen MR) is 146 cm³/mol. The lowest BCUT2D eigenvalue weighted by Gasteiger charge is -2.31. The minimum atomic E-state index is -1.09. The fraction of sp³-hybridized carbons (Fsp3) is 0.241. The average Bonchev–Trinajstić information content (AvgIpc) is 3.22. The molecule has 1 saturated heterocycles. The second-order valence-electron chi connectivity index (χ2n) is 9.91. The number of methoxy groups -OCH3 is 1. The Kier molecular flexibility index (Phi) is 6.17. The van der Waals surface area contributed by atoms with Crippen molar-refractivity contribution in [3.8, 4) is 22.8 Å². The first-order valence-electron chi connectivity index (χ1n) is 12.9. The molecule has 1 fully saturated rings. The molecule has 0 unspecified atom stereocenters. The highest BCUT2D eigenvalue weighted by Crippen LogP contribution is 2.44. The SMILES string of the molecule is COc1ccc(-c2cc3c(cc2Nc2cccc4c2C(=O)N([C@H]2CCC(=O)NC2=O)C4=O)N(C)C(=O)[C@H](C)O3)cn1. The molecule has 41 heavy (non-hydrogen) atoms. The summed E-state index contributed by atoms with van der Waals surface area (Å²) in [5.41, 5.74) is 2.96. The predicted octanol–water partition coefficient (Wildman–Crippen LogP) is 2.65. The van der Waals surface area contributed by atoms with E-state index in [4.69, 9.17) is 9.47 Å². The molecular weight excluding hydrogens is 530 g/mol. The van der Waals surface area contributed by atoms with Crippen LogP contribution in [0.1, 0.15) is 40.5 Å². The molecule has 208 valence electrons. The van der Waals surface area contributed by atoms with Gasteiger partial charge in [-0.1, -0.05) is 6.07 Å². The summed E-state index contributed by atoms with van der Waals surface area (Å²) >= 11 is 0. The number of pyridine rings is 1. The van der Waals surface area contributed by atoms with E-state index in [1.807, 2.05) is 6.07 Å². The molecule has 4 heterocycles. The molecule has 0 radical (unpaired) electrons. The highest BCUT2D eigenvalue weighted by atomic mass is 16.5. The molecule has 0 spiro atoms. The zero-order chi connectivity index (χ0) is 29.0. The van der Waals surface area contributed by atoms with Gasteiger partial charge in [0.15, 0.2) is 6.10 Å². The minimum absolute atomic E-state index is 0.0240. The number of nitrogens with one attached hydrogen (secondary N) is 2. The van der Waals surface area contributed by atoms with Crippen molar-refractivity contribution < 1.29 is 33.4 Å². The number of anilines is 3. The highest BCUT2D eigenvalue weighted by Gasteiger charge is 2.45. The van der Waals surface area contributed by atoms with Gasteiger partial charge in [0, 0.05) is 42.5 Å². The Morgan fingerprint density at radius 2 is 1.83 bits per heavy atom. The minimum Gasteiger partial charge on any atom is -0.481 e. The van der Waals surface area contributed by atoms with Crippen molar-refractivity contribution in [3.05, 3.63) is 59.8 Å². The number of fused-ring (bicyclic) bond motifs is 2. The molecule has 0 aliphatic carbocycles. The van der Waals surface area contributed by atoms with Crippen LogP contribution in [0.2, 0.25) is 0 Å². The number of nitrogens with zero attached hydrogens (tertiary/aromatic N) is 3. The molecule has 1 aromatic heterocycles. The summed E-state index contributed by atoms with van der Waals surface area (Å²) in [5.74, 6) is -1.68. The van der Waals surface area contributed by atoms with Crippen LogP contribution in [0.3, 0.4) is 0 Å². The molecule has 12 nitrogen and oxygen atoms in total. The number of hydrogen-bond acceptors (Lipinski definition) is 9. The van der Waals surface area contributed by atoms with Crippen LogP contribution in [-0.4, -0.2) is 65.7 Å². The Hall–Kier alpha value is -5.26. The van der Waals surface area contributed by atoms with E-state index in [0.717, 1.165) is 4.90 Å². The number of carbonyl (C=O) groups excluding carboxylic acids is 5. The van der Waals surface area contributed by atoms with Gasteiger partial charge in [0.25, 0.3) is 17.7 Å². The van der Waals surface area contributed by atoms with Crippen molar-refractivity contribution >= 4 is 46.6 Å². The van der Waals surface area contributed by atoms with Crippen LogP contribution in [0, 0.1) is 0 Å². The van der Waals surface area contributed by atoms with Gasteiger partial charge in [-0.2, -0.15) is 0 Å². The molecule has 3 aliphatic heterocycles. The number of amides is 5. The van der Waals surface area contributed by atoms with Gasteiger partial charge in [-0.25, -0.2) is 4.98 Å². The standard InChI is InChI=1S/C29H25N5O7/c1-14-27(37)33(2)21-12-19(17(11-22(21)41-14)15-7-10-24(40-3)30-13-15)31-18-6-4-5-16-25(18)29(39)34(28(16)38)20-8-9-23(35)32-26(20)36/h4-7,10-14,20,31H,8-9H2,1-3H3,(H,32,35,36)/t14-,20-/m0/s1. The normalized spacial score (nSPS) is 19.9. The number of piperidine rings is 1. The van der Waals surface area contributed by atoms with Gasteiger partial charge in [0.05, 0.1) is 29.6 Å². The lowest BCUT2D eigenvalue weighted by atomic mass is 10.0. The van der Waals surface area contributed by atoms with Gasteiger partial charge in [0.1, 0.15) is 11.8 Å². The van der Waals surface area contributed by atoms with Crippen LogP contribution in [0.4, 0.5) is 17.1 Å². The van der Waals surface area contributed by atoms with E-state index >= 15 is 0 Å². The molecule has 6 rings (SSSR count). The second-order valence-corrected chi connectivity index (χ2v) is 9.91. The maximum atomic E-state index is 13.6. The van der Waals surface area contributed by atoms with Crippen molar-refractivity contribution in [3.63, 3.8) is 0 Å². The number of carbonyl (C=O) groups is 5. The summed E-state index contributed by atoms with van der Waals surface area (Å²) in [5, 5.41) is 5.49. The Morgan fingerprint density at radius 1 is 1.02 bits per heavy atom. The number of ether oxygens (including phenoxy) is 2. The monoisotopic (exact) mass is 555 g/mol. The quantitative estimate of drug-likeness (QED) is 0.454. The van der Waals surface area contributed by atoms with Gasteiger partial charge in [-0.3, -0.25) is 34.2 Å². The molecule has 3 aromatic rings. The van der Waals surface area contributed by atoms with Crippen LogP contribution < -0.4 is 25.0 Å². The summed E-state index contributed by atoms with van der Waals surface area (Å²) in [6, 6.07) is 10.8. The maximum absolute atomic E-state index is 13.6. The van der Waals surface area contributed by atoms with Crippen LogP contribution in [0.5, 0.6) is 11.6 Å². The van der Waals surface area contributed by atoms with Crippen LogP contribution in [-0.2, 0) is 14.4 Å². The van der Waals surface area contributed by atoms with Crippen molar-refractivity contribution in [1.29, 1.82) is 0 Å². The van der Waals surface area contributed by atoms with E-state index in [1.165, 1.54) is 18.1 Å². The number of hydrogen-bond donors (Lipinski definition) is 2. The van der Waals surface area contributed by atoms with E-state index in [0.29, 0.717) is 39.8 Å². The Morgan fingerprint density at radius 3 is 2.54 bits per heavy atom. The Bertz CT molecular complexity index is 1650. The Balaban J connectivity index is 1.43. The molecule has 12 heteroatoms. The third-order valence-electron chi connectivity index (χ3n) is 7.44. The van der Waals surface area contributed by atoms with E-state index in [1.54, 1.807) is 50.5 Å². The summed E-state index contributed by atoms with van der Waals surface area (Å²) in [4.78, 5) is 70.5. The summed E-state index contributed by atoms with van der Waals surface area (Å²) < 4.78 is 11.1. The molecule has 0 bridgehead atoms. The molecule has 3 aliphatic rings. The van der Waals surface area contributed by atoms with E-state index < -0.39 is 35.8 Å². The number of likely N-dealkylation sites (N-methyl/N-ethyl adjacent to an activating group) is 1. The molecular formula is C29H25N5O7. The van der Waals surface area contributed by atoms with Gasteiger partial charge < -0.3 is 19.7 Å². The smallest absolute Gasteiger partial charge is 0.267 e. The van der Waals surface area contributed by atoms with Crippen molar-refractivity contribution in [2.24, 2.45) is 0 Å². The fourth-order valence-corrected chi connectivity index (χ4v) is 5.32. The van der Waals surface area contributed by atoms with Gasteiger partial charge >= 0.3 is 0 Å². The van der Waals surface area contributed by atoms with Gasteiger partial charge in [-0.15, -0.1) is 0 Å². The highest BCUT2D eigenvalue weighted by molar-refractivity contribution is 6.25. The largest absolute Gasteiger partial charge is 0.481 e. The van der Waals surface area contributed by atoms with Crippen molar-refractivity contribution in [2.45, 2.75) is 31.9 Å². The number of aromatic nitrogens is 1. The topological polar surface area (TPSA) is 147 Å². The molecule has 2 atom stereocenters. The second kappa shape index (κ2) is 9.73. The van der Waals surface area contributed by atoms with E-state index in [2.05, 4.69) is 15.6 Å². The van der Waals surface area contributed by atoms with Gasteiger partial charge in [0.2, 0.25) is 17.7 Å². The third-order valence-corrected chi connectivity index (χ3v) is 7.44. The first-order valence-corrected chi connectivity index (χ1v) is 12.9. The fourth-order valence-electron chi connectivity index (χ4n) is 5.32. The molecule has 5 amide bonds. The average molecular weight is 556 g/mol. The van der Waals surface area contributed by atoms with E-state index in [9.17, 15) is 24.0 Å². The van der Waals surface area contributed by atoms with E-state index in [-0.39, 0.29) is 29.9 Å². The van der Waals surface area contributed by atoms with Crippen LogP contribution in [0.25, 0.3) is 11.1 Å². The Labute approximate surface area is 234 Å². The first-order chi connectivity index (χ1) is 19.7. The maximum Gasteiger partial charge on any atom is 0.267 e. The lowest BCUT2D eigenvalue weighted by molar-refractivity contribution is -0.136.